The SMILES string of the molecule is c1ccc(CNCCSc2ncccn2)nc1. The lowest BCUT2D eigenvalue weighted by molar-refractivity contribution is 0.715. The molecule has 0 bridgehead atoms. The van der Waals surface area contributed by atoms with Crippen molar-refractivity contribution in [3.8, 4) is 0 Å². The second kappa shape index (κ2) is 6.98. The molecular formula is C12H14N4S. The number of hydrogen-bond acceptors (Lipinski definition) is 5. The largest absolute Gasteiger partial charge is 0.310 e. The molecule has 0 aliphatic heterocycles. The minimum atomic E-state index is 0.803. The molecule has 2 heterocycles. The predicted octanol–water partition coefficient (Wildman–Crippen LogP) is 1.75. The van der Waals surface area contributed by atoms with Crippen LogP contribution in [0.1, 0.15) is 5.69 Å². The second-order valence-electron chi connectivity index (χ2n) is 3.38. The van der Waals surface area contributed by atoms with Gasteiger partial charge in [0, 0.05) is 37.4 Å². The number of hydrogen-bond donors (Lipinski definition) is 1. The highest BCUT2D eigenvalue weighted by Crippen LogP contribution is 2.09. The topological polar surface area (TPSA) is 50.7 Å². The lowest BCUT2D eigenvalue weighted by Gasteiger charge is -2.03. The molecule has 2 aromatic rings. The lowest BCUT2D eigenvalue weighted by atomic mass is 10.3. The fraction of sp³-hybridized carbons (Fsp3) is 0.250. The van der Waals surface area contributed by atoms with E-state index < -0.39 is 0 Å². The normalized spacial score (nSPS) is 10.4. The molecule has 0 saturated carbocycles. The van der Waals surface area contributed by atoms with Crippen molar-refractivity contribution in [1.29, 1.82) is 0 Å². The molecule has 0 spiro atoms. The summed E-state index contributed by atoms with van der Waals surface area (Å²) in [7, 11) is 0. The summed E-state index contributed by atoms with van der Waals surface area (Å²) in [4.78, 5) is 12.5. The highest BCUT2D eigenvalue weighted by Gasteiger charge is 1.96. The van der Waals surface area contributed by atoms with Gasteiger partial charge in [0.25, 0.3) is 0 Å². The van der Waals surface area contributed by atoms with Crippen LogP contribution in [0.2, 0.25) is 0 Å². The number of nitrogens with one attached hydrogen (secondary N) is 1. The van der Waals surface area contributed by atoms with Crippen molar-refractivity contribution in [3.05, 3.63) is 48.5 Å². The van der Waals surface area contributed by atoms with Crippen LogP contribution < -0.4 is 5.32 Å². The Morgan fingerprint density at radius 2 is 1.82 bits per heavy atom. The number of nitrogens with zero attached hydrogens (tertiary/aromatic N) is 3. The molecule has 0 atom stereocenters. The molecule has 1 N–H and O–H groups in total. The highest BCUT2D eigenvalue weighted by atomic mass is 32.2. The first-order valence-corrected chi connectivity index (χ1v) is 6.44. The van der Waals surface area contributed by atoms with Crippen molar-refractivity contribution in [2.75, 3.05) is 12.3 Å². The minimum absolute atomic E-state index is 0.803. The van der Waals surface area contributed by atoms with Gasteiger partial charge in [-0.1, -0.05) is 17.8 Å². The van der Waals surface area contributed by atoms with Crippen molar-refractivity contribution < 1.29 is 0 Å². The molecule has 0 radical (unpaired) electrons. The van der Waals surface area contributed by atoms with Crippen LogP contribution in [-0.2, 0) is 6.54 Å². The van der Waals surface area contributed by atoms with E-state index in [1.807, 2.05) is 30.5 Å². The molecular weight excluding hydrogens is 232 g/mol. The third-order valence-corrected chi connectivity index (χ3v) is 2.96. The van der Waals surface area contributed by atoms with Gasteiger partial charge in [-0.15, -0.1) is 0 Å². The molecule has 0 aliphatic rings. The Labute approximate surface area is 105 Å². The third-order valence-electron chi connectivity index (χ3n) is 2.08. The van der Waals surface area contributed by atoms with Crippen LogP contribution in [0, 0.1) is 0 Å². The summed E-state index contributed by atoms with van der Waals surface area (Å²) in [6.45, 7) is 1.72. The van der Waals surface area contributed by atoms with Gasteiger partial charge in [-0.3, -0.25) is 4.98 Å². The first-order chi connectivity index (χ1) is 8.45. The van der Waals surface area contributed by atoms with Crippen LogP contribution in [0.3, 0.4) is 0 Å². The summed E-state index contributed by atoms with van der Waals surface area (Å²) in [6.07, 6.45) is 5.33. The van der Waals surface area contributed by atoms with Gasteiger partial charge in [0.2, 0.25) is 0 Å². The summed E-state index contributed by atoms with van der Waals surface area (Å²) in [5, 5.41) is 4.16. The van der Waals surface area contributed by atoms with E-state index in [9.17, 15) is 0 Å². The maximum Gasteiger partial charge on any atom is 0.187 e. The van der Waals surface area contributed by atoms with E-state index >= 15 is 0 Å². The smallest absolute Gasteiger partial charge is 0.187 e. The van der Waals surface area contributed by atoms with Crippen LogP contribution in [0.5, 0.6) is 0 Å². The standard InChI is InChI=1S/C12H14N4S/c1-2-5-14-11(4-1)10-13-8-9-17-12-15-6-3-7-16-12/h1-7,13H,8-10H2. The van der Waals surface area contributed by atoms with E-state index in [-0.39, 0.29) is 0 Å². The third kappa shape index (κ3) is 4.50. The van der Waals surface area contributed by atoms with Crippen LogP contribution in [-0.4, -0.2) is 27.2 Å². The molecule has 0 fully saturated rings. The summed E-state index contributed by atoms with van der Waals surface area (Å²) in [6, 6.07) is 7.76. The average Bonchev–Trinajstić information content (AvgIpc) is 2.41. The zero-order chi connectivity index (χ0) is 11.8. The predicted molar refractivity (Wildman–Crippen MR) is 68.7 cm³/mol. The zero-order valence-electron chi connectivity index (χ0n) is 9.41. The van der Waals surface area contributed by atoms with Crippen molar-refractivity contribution in [3.63, 3.8) is 0 Å². The van der Waals surface area contributed by atoms with Crippen molar-refractivity contribution in [2.24, 2.45) is 0 Å². The van der Waals surface area contributed by atoms with E-state index in [0.29, 0.717) is 0 Å². The molecule has 5 heteroatoms. The van der Waals surface area contributed by atoms with E-state index in [1.54, 1.807) is 24.2 Å². The molecule has 0 aromatic carbocycles. The van der Waals surface area contributed by atoms with Gasteiger partial charge in [-0.2, -0.15) is 0 Å². The fourth-order valence-corrected chi connectivity index (χ4v) is 1.99. The van der Waals surface area contributed by atoms with Crippen molar-refractivity contribution in [1.82, 2.24) is 20.3 Å². The second-order valence-corrected chi connectivity index (χ2v) is 4.44. The highest BCUT2D eigenvalue weighted by molar-refractivity contribution is 7.99. The van der Waals surface area contributed by atoms with E-state index in [4.69, 9.17) is 0 Å². The molecule has 17 heavy (non-hydrogen) atoms. The Morgan fingerprint density at radius 3 is 2.59 bits per heavy atom. The molecule has 2 aromatic heterocycles. The van der Waals surface area contributed by atoms with Crippen molar-refractivity contribution in [2.45, 2.75) is 11.7 Å². The monoisotopic (exact) mass is 246 g/mol. The van der Waals surface area contributed by atoms with Gasteiger partial charge in [-0.25, -0.2) is 9.97 Å². The first-order valence-electron chi connectivity index (χ1n) is 5.45. The van der Waals surface area contributed by atoms with Crippen LogP contribution >= 0.6 is 11.8 Å². The number of aromatic nitrogens is 3. The number of rotatable bonds is 6. The molecule has 0 saturated heterocycles. The Balaban J connectivity index is 1.61. The average molecular weight is 246 g/mol. The van der Waals surface area contributed by atoms with Gasteiger partial charge in [0.1, 0.15) is 0 Å². The minimum Gasteiger partial charge on any atom is -0.310 e. The summed E-state index contributed by atoms with van der Waals surface area (Å²) >= 11 is 1.65. The van der Waals surface area contributed by atoms with Gasteiger partial charge in [-0.05, 0) is 18.2 Å². The molecule has 2 rings (SSSR count). The van der Waals surface area contributed by atoms with Crippen LogP contribution in [0.4, 0.5) is 0 Å². The first kappa shape index (κ1) is 12.0. The molecule has 88 valence electrons. The summed E-state index contributed by atoms with van der Waals surface area (Å²) < 4.78 is 0. The van der Waals surface area contributed by atoms with Gasteiger partial charge >= 0.3 is 0 Å². The number of pyridine rings is 1. The lowest BCUT2D eigenvalue weighted by Crippen LogP contribution is -2.17. The molecule has 0 amide bonds. The fourth-order valence-electron chi connectivity index (χ4n) is 1.29. The quantitative estimate of drug-likeness (QED) is 0.478. The van der Waals surface area contributed by atoms with Gasteiger partial charge in [0.15, 0.2) is 5.16 Å². The van der Waals surface area contributed by atoms with Crippen molar-refractivity contribution >= 4 is 11.8 Å². The Kier molecular flexibility index (Phi) is 4.93. The Morgan fingerprint density at radius 1 is 1.00 bits per heavy atom. The maximum atomic E-state index is 4.24. The van der Waals surface area contributed by atoms with Gasteiger partial charge in [0.05, 0.1) is 5.69 Å². The van der Waals surface area contributed by atoms with E-state index in [1.165, 1.54) is 0 Å². The molecule has 0 aliphatic carbocycles. The van der Waals surface area contributed by atoms with E-state index in [2.05, 4.69) is 20.3 Å². The van der Waals surface area contributed by atoms with Crippen LogP contribution in [0.15, 0.2) is 48.0 Å². The van der Waals surface area contributed by atoms with E-state index in [0.717, 1.165) is 29.7 Å². The summed E-state index contributed by atoms with van der Waals surface area (Å²) in [5.74, 6) is 0.955. The summed E-state index contributed by atoms with van der Waals surface area (Å²) in [5.41, 5.74) is 1.06. The molecule has 4 nitrogen and oxygen atoms in total. The Bertz CT molecular complexity index is 380. The zero-order valence-corrected chi connectivity index (χ0v) is 10.2. The number of thioether (sulfide) groups is 1. The Hall–Kier alpha value is -1.46. The van der Waals surface area contributed by atoms with Crippen LogP contribution in [0.25, 0.3) is 0 Å². The van der Waals surface area contributed by atoms with Gasteiger partial charge < -0.3 is 5.32 Å². The molecule has 0 unspecified atom stereocenters. The maximum absolute atomic E-state index is 4.24.